The average Bonchev–Trinajstić information content (AvgIpc) is 2.69. The summed E-state index contributed by atoms with van der Waals surface area (Å²) in [6.07, 6.45) is 0.172. The zero-order valence-corrected chi connectivity index (χ0v) is 19.5. The van der Waals surface area contributed by atoms with E-state index >= 15 is 0 Å². The molecular weight excluding hydrogens is 394 g/mol. The molecule has 5 nitrogen and oxygen atoms in total. The Labute approximate surface area is 180 Å². The second-order valence-corrected chi connectivity index (χ2v) is 14.1. The molecule has 2 aromatic carbocycles. The number of hydrogen-bond acceptors (Lipinski definition) is 4. The van der Waals surface area contributed by atoms with Crippen LogP contribution >= 0.6 is 0 Å². The summed E-state index contributed by atoms with van der Waals surface area (Å²) in [5.41, 5.74) is 2.57. The second-order valence-electron chi connectivity index (χ2n) is 9.25. The van der Waals surface area contributed by atoms with Gasteiger partial charge in [0.15, 0.2) is 8.32 Å². The molecule has 1 unspecified atom stereocenters. The normalized spacial score (nSPS) is 16.9. The molecule has 0 bridgehead atoms. The van der Waals surface area contributed by atoms with Gasteiger partial charge in [-0.2, -0.15) is 0 Å². The monoisotopic (exact) mass is 425 g/mol. The highest BCUT2D eigenvalue weighted by Crippen LogP contribution is 2.38. The number of esters is 1. The maximum absolute atomic E-state index is 12.6. The zero-order valence-electron chi connectivity index (χ0n) is 18.5. The number of carbonyl (C=O) groups is 2. The third-order valence-corrected chi connectivity index (χ3v) is 10.6. The SMILES string of the molecule is CC(C)(C)[Si](C)(C)OCc1ccccc1N1C(=O)CC1C(=O)OCc1ccccc1. The van der Waals surface area contributed by atoms with Crippen molar-refractivity contribution in [2.24, 2.45) is 0 Å². The Balaban J connectivity index is 1.71. The van der Waals surface area contributed by atoms with Gasteiger partial charge in [-0.15, -0.1) is 0 Å². The highest BCUT2D eigenvalue weighted by molar-refractivity contribution is 6.74. The van der Waals surface area contributed by atoms with Crippen molar-refractivity contribution in [2.45, 2.75) is 64.6 Å². The molecule has 3 rings (SSSR count). The Bertz CT molecular complexity index is 905. The minimum Gasteiger partial charge on any atom is -0.459 e. The Morgan fingerprint density at radius 2 is 1.67 bits per heavy atom. The lowest BCUT2D eigenvalue weighted by atomic mass is 9.99. The molecule has 0 saturated carbocycles. The van der Waals surface area contributed by atoms with E-state index in [4.69, 9.17) is 9.16 Å². The average molecular weight is 426 g/mol. The molecule has 0 N–H and O–H groups in total. The molecule has 1 fully saturated rings. The van der Waals surface area contributed by atoms with Crippen molar-refractivity contribution in [1.82, 2.24) is 0 Å². The van der Waals surface area contributed by atoms with Crippen LogP contribution in [0.2, 0.25) is 18.1 Å². The first-order valence-electron chi connectivity index (χ1n) is 10.3. The van der Waals surface area contributed by atoms with E-state index in [0.717, 1.165) is 16.8 Å². The number of rotatable bonds is 7. The van der Waals surface area contributed by atoms with Crippen molar-refractivity contribution < 1.29 is 18.8 Å². The van der Waals surface area contributed by atoms with Crippen LogP contribution < -0.4 is 4.90 Å². The molecule has 2 aromatic rings. The molecule has 0 aromatic heterocycles. The van der Waals surface area contributed by atoms with Crippen LogP contribution in [0.5, 0.6) is 0 Å². The molecule has 0 aliphatic carbocycles. The lowest BCUT2D eigenvalue weighted by molar-refractivity contribution is -0.151. The summed E-state index contributed by atoms with van der Waals surface area (Å²) in [7, 11) is -1.94. The van der Waals surface area contributed by atoms with E-state index in [1.54, 1.807) is 4.90 Å². The minimum absolute atomic E-state index is 0.0727. The fourth-order valence-electron chi connectivity index (χ4n) is 3.07. The molecule has 1 saturated heterocycles. The topological polar surface area (TPSA) is 55.8 Å². The summed E-state index contributed by atoms with van der Waals surface area (Å²) >= 11 is 0. The lowest BCUT2D eigenvalue weighted by Gasteiger charge is -2.40. The van der Waals surface area contributed by atoms with Gasteiger partial charge in [0.05, 0.1) is 18.7 Å². The summed E-state index contributed by atoms with van der Waals surface area (Å²) in [5, 5.41) is 0.0955. The fraction of sp³-hybridized carbons (Fsp3) is 0.417. The highest BCUT2D eigenvalue weighted by atomic mass is 28.4. The van der Waals surface area contributed by atoms with Gasteiger partial charge in [-0.25, -0.2) is 4.79 Å². The molecule has 0 spiro atoms. The van der Waals surface area contributed by atoms with Gasteiger partial charge < -0.3 is 9.16 Å². The largest absolute Gasteiger partial charge is 0.459 e. The lowest BCUT2D eigenvalue weighted by Crippen LogP contribution is -2.57. The van der Waals surface area contributed by atoms with Gasteiger partial charge in [0, 0.05) is 5.56 Å². The van der Waals surface area contributed by atoms with Crippen LogP contribution in [0.1, 0.15) is 38.3 Å². The molecule has 6 heteroatoms. The smallest absolute Gasteiger partial charge is 0.330 e. The van der Waals surface area contributed by atoms with Crippen molar-refractivity contribution in [1.29, 1.82) is 0 Å². The van der Waals surface area contributed by atoms with E-state index in [1.807, 2.05) is 54.6 Å². The van der Waals surface area contributed by atoms with Crippen LogP contribution in [-0.2, 0) is 32.0 Å². The van der Waals surface area contributed by atoms with Crippen LogP contribution in [0.4, 0.5) is 5.69 Å². The van der Waals surface area contributed by atoms with Crippen LogP contribution in [0.15, 0.2) is 54.6 Å². The summed E-state index contributed by atoms with van der Waals surface area (Å²) in [6.45, 7) is 11.6. The number of nitrogens with zero attached hydrogens (tertiary/aromatic N) is 1. The van der Waals surface area contributed by atoms with E-state index in [-0.39, 0.29) is 29.9 Å². The number of ether oxygens (including phenoxy) is 1. The maximum atomic E-state index is 12.6. The van der Waals surface area contributed by atoms with Crippen LogP contribution in [0.25, 0.3) is 0 Å². The number of β-lactam (4-membered cyclic amide) rings is 1. The van der Waals surface area contributed by atoms with Gasteiger partial charge in [-0.3, -0.25) is 9.69 Å². The first-order chi connectivity index (χ1) is 14.1. The quantitative estimate of drug-likeness (QED) is 0.354. The van der Waals surface area contributed by atoms with Crippen LogP contribution in [0, 0.1) is 0 Å². The van der Waals surface area contributed by atoms with Gasteiger partial charge in [-0.05, 0) is 29.8 Å². The second kappa shape index (κ2) is 8.74. The Morgan fingerprint density at radius 1 is 1.03 bits per heavy atom. The molecule has 1 heterocycles. The predicted molar refractivity (Wildman–Crippen MR) is 121 cm³/mol. The summed E-state index contributed by atoms with van der Waals surface area (Å²) < 4.78 is 11.8. The fourth-order valence-corrected chi connectivity index (χ4v) is 4.02. The Hall–Kier alpha value is -2.44. The molecule has 1 aliphatic rings. The van der Waals surface area contributed by atoms with Crippen molar-refractivity contribution in [3.63, 3.8) is 0 Å². The Kier molecular flexibility index (Phi) is 6.48. The van der Waals surface area contributed by atoms with E-state index in [0.29, 0.717) is 6.61 Å². The third kappa shape index (κ3) is 4.82. The summed E-state index contributed by atoms with van der Waals surface area (Å²) in [5.74, 6) is -0.449. The number of benzene rings is 2. The highest BCUT2D eigenvalue weighted by Gasteiger charge is 2.44. The van der Waals surface area contributed by atoms with Gasteiger partial charge in [0.25, 0.3) is 0 Å². The van der Waals surface area contributed by atoms with Crippen LogP contribution in [-0.4, -0.2) is 26.2 Å². The van der Waals surface area contributed by atoms with Gasteiger partial charge in [0.2, 0.25) is 5.91 Å². The molecular formula is C24H31NO4Si. The molecule has 1 aliphatic heterocycles. The zero-order chi connectivity index (χ0) is 21.9. The molecule has 1 atom stereocenters. The Morgan fingerprint density at radius 3 is 2.30 bits per heavy atom. The summed E-state index contributed by atoms with van der Waals surface area (Å²) in [4.78, 5) is 26.6. The van der Waals surface area contributed by atoms with Gasteiger partial charge in [-0.1, -0.05) is 69.3 Å². The van der Waals surface area contributed by atoms with Crippen molar-refractivity contribution >= 4 is 25.9 Å². The molecule has 0 radical (unpaired) electrons. The van der Waals surface area contributed by atoms with Crippen molar-refractivity contribution in [3.8, 4) is 0 Å². The van der Waals surface area contributed by atoms with Crippen molar-refractivity contribution in [2.75, 3.05) is 4.90 Å². The molecule has 30 heavy (non-hydrogen) atoms. The minimum atomic E-state index is -1.94. The van der Waals surface area contributed by atoms with Gasteiger partial charge >= 0.3 is 5.97 Å². The first kappa shape index (κ1) is 22.2. The number of amides is 1. The van der Waals surface area contributed by atoms with Gasteiger partial charge in [0.1, 0.15) is 12.6 Å². The standard InChI is InChI=1S/C24H31NO4Si/c1-24(2,3)30(4,5)29-17-19-13-9-10-14-20(19)25-21(15-22(25)26)23(27)28-16-18-11-7-6-8-12-18/h6-14,21H,15-17H2,1-5H3. The van der Waals surface area contributed by atoms with E-state index in [2.05, 4.69) is 33.9 Å². The third-order valence-electron chi connectivity index (χ3n) is 6.09. The van der Waals surface area contributed by atoms with E-state index in [9.17, 15) is 9.59 Å². The molecule has 160 valence electrons. The number of anilines is 1. The number of para-hydroxylation sites is 1. The summed E-state index contributed by atoms with van der Waals surface area (Å²) in [6, 6.07) is 16.6. The van der Waals surface area contributed by atoms with Crippen molar-refractivity contribution in [3.05, 3.63) is 65.7 Å². The predicted octanol–water partition coefficient (Wildman–Crippen LogP) is 5.06. The van der Waals surface area contributed by atoms with E-state index < -0.39 is 14.4 Å². The first-order valence-corrected chi connectivity index (χ1v) is 13.3. The maximum Gasteiger partial charge on any atom is 0.330 e. The number of carbonyl (C=O) groups excluding carboxylic acids is 2. The molecule has 1 amide bonds. The van der Waals surface area contributed by atoms with Crippen LogP contribution in [0.3, 0.4) is 0 Å². The number of hydrogen-bond donors (Lipinski definition) is 0. The van der Waals surface area contributed by atoms with E-state index in [1.165, 1.54) is 0 Å².